The van der Waals surface area contributed by atoms with E-state index in [0.717, 1.165) is 18.2 Å². The highest BCUT2D eigenvalue weighted by Crippen LogP contribution is 2.27. The van der Waals surface area contributed by atoms with Gasteiger partial charge in [-0.3, -0.25) is 0 Å². The maximum atomic E-state index is 5.53. The molecule has 0 amide bonds. The lowest BCUT2D eigenvalue weighted by Crippen LogP contribution is -2.13. The molecule has 2 rings (SSSR count). The Labute approximate surface area is 94.9 Å². The van der Waals surface area contributed by atoms with Crippen LogP contribution < -0.4 is 5.32 Å². The minimum atomic E-state index is 0.134. The van der Waals surface area contributed by atoms with Crippen LogP contribution in [-0.2, 0) is 4.74 Å². The zero-order valence-corrected chi connectivity index (χ0v) is 10.1. The number of aromatic nitrogens is 1. The lowest BCUT2D eigenvalue weighted by atomic mass is 10.2. The highest BCUT2D eigenvalue weighted by Gasteiger charge is 2.20. The van der Waals surface area contributed by atoms with Crippen molar-refractivity contribution < 1.29 is 4.74 Å². The SMILES string of the molecule is CCOC(C)c1nc(C2CCCN2)cs1. The Hall–Kier alpha value is -0.450. The Morgan fingerprint density at radius 1 is 1.73 bits per heavy atom. The predicted octanol–water partition coefficient (Wildman–Crippen LogP) is 2.67. The third-order valence-electron chi connectivity index (χ3n) is 2.72. The first-order chi connectivity index (χ1) is 7.31. The molecule has 2 heterocycles. The summed E-state index contributed by atoms with van der Waals surface area (Å²) in [5.74, 6) is 0. The van der Waals surface area contributed by atoms with E-state index in [1.54, 1.807) is 11.3 Å². The lowest BCUT2D eigenvalue weighted by molar-refractivity contribution is 0.0760. The molecule has 2 unspecified atom stereocenters. The predicted molar refractivity (Wildman–Crippen MR) is 62.1 cm³/mol. The summed E-state index contributed by atoms with van der Waals surface area (Å²) in [6, 6.07) is 0.476. The molecule has 2 atom stereocenters. The van der Waals surface area contributed by atoms with Crippen LogP contribution in [0, 0.1) is 0 Å². The molecule has 0 spiro atoms. The van der Waals surface area contributed by atoms with Gasteiger partial charge in [-0.25, -0.2) is 4.98 Å². The molecule has 0 radical (unpaired) electrons. The fourth-order valence-electron chi connectivity index (χ4n) is 1.91. The van der Waals surface area contributed by atoms with Crippen molar-refractivity contribution in [1.82, 2.24) is 10.3 Å². The van der Waals surface area contributed by atoms with Crippen molar-refractivity contribution in [2.45, 2.75) is 38.8 Å². The molecule has 1 aliphatic heterocycles. The number of rotatable bonds is 4. The minimum absolute atomic E-state index is 0.134. The summed E-state index contributed by atoms with van der Waals surface area (Å²) >= 11 is 1.71. The Kier molecular flexibility index (Phi) is 3.72. The van der Waals surface area contributed by atoms with E-state index < -0.39 is 0 Å². The van der Waals surface area contributed by atoms with Gasteiger partial charge in [0.05, 0.1) is 11.7 Å². The number of hydrogen-bond donors (Lipinski definition) is 1. The van der Waals surface area contributed by atoms with Gasteiger partial charge in [0.15, 0.2) is 0 Å². The van der Waals surface area contributed by atoms with Crippen LogP contribution >= 0.6 is 11.3 Å². The molecule has 0 saturated carbocycles. The van der Waals surface area contributed by atoms with Gasteiger partial charge in [0, 0.05) is 12.0 Å². The molecule has 84 valence electrons. The number of nitrogens with zero attached hydrogens (tertiary/aromatic N) is 1. The van der Waals surface area contributed by atoms with E-state index in [-0.39, 0.29) is 6.10 Å². The molecule has 3 nitrogen and oxygen atoms in total. The van der Waals surface area contributed by atoms with Crippen molar-refractivity contribution in [2.24, 2.45) is 0 Å². The fraction of sp³-hybridized carbons (Fsp3) is 0.727. The largest absolute Gasteiger partial charge is 0.372 e. The maximum absolute atomic E-state index is 5.53. The summed E-state index contributed by atoms with van der Waals surface area (Å²) in [7, 11) is 0. The zero-order valence-electron chi connectivity index (χ0n) is 9.32. The van der Waals surface area contributed by atoms with E-state index in [2.05, 4.69) is 22.6 Å². The number of ether oxygens (including phenoxy) is 1. The van der Waals surface area contributed by atoms with Gasteiger partial charge in [0.25, 0.3) is 0 Å². The molecular weight excluding hydrogens is 208 g/mol. The molecule has 0 aliphatic carbocycles. The first-order valence-electron chi connectivity index (χ1n) is 5.61. The lowest BCUT2D eigenvalue weighted by Gasteiger charge is -2.08. The monoisotopic (exact) mass is 226 g/mol. The minimum Gasteiger partial charge on any atom is -0.372 e. The smallest absolute Gasteiger partial charge is 0.122 e. The van der Waals surface area contributed by atoms with Gasteiger partial charge in [-0.2, -0.15) is 0 Å². The van der Waals surface area contributed by atoms with Crippen LogP contribution in [0.15, 0.2) is 5.38 Å². The second-order valence-electron chi connectivity index (χ2n) is 3.86. The summed E-state index contributed by atoms with van der Waals surface area (Å²) in [6.07, 6.45) is 2.61. The van der Waals surface area contributed by atoms with Crippen LogP contribution in [0.4, 0.5) is 0 Å². The highest BCUT2D eigenvalue weighted by molar-refractivity contribution is 7.09. The summed E-state index contributed by atoms with van der Waals surface area (Å²) in [5.41, 5.74) is 1.19. The highest BCUT2D eigenvalue weighted by atomic mass is 32.1. The second-order valence-corrected chi connectivity index (χ2v) is 4.75. The van der Waals surface area contributed by atoms with E-state index in [1.807, 2.05) is 6.92 Å². The molecule has 15 heavy (non-hydrogen) atoms. The van der Waals surface area contributed by atoms with Gasteiger partial charge in [0.1, 0.15) is 11.1 Å². The molecule has 1 N–H and O–H groups in total. The molecule has 1 aromatic heterocycles. The molecule has 1 fully saturated rings. The van der Waals surface area contributed by atoms with Crippen LogP contribution in [0.3, 0.4) is 0 Å². The van der Waals surface area contributed by atoms with Crippen LogP contribution in [0.5, 0.6) is 0 Å². The summed E-state index contributed by atoms with van der Waals surface area (Å²) in [6.45, 7) is 5.95. The second kappa shape index (κ2) is 5.05. The van der Waals surface area contributed by atoms with Crippen molar-refractivity contribution in [3.05, 3.63) is 16.1 Å². The average molecular weight is 226 g/mol. The van der Waals surface area contributed by atoms with Crippen LogP contribution in [-0.4, -0.2) is 18.1 Å². The molecule has 1 aliphatic rings. The van der Waals surface area contributed by atoms with Gasteiger partial charge in [-0.1, -0.05) is 0 Å². The van der Waals surface area contributed by atoms with Crippen molar-refractivity contribution in [3.63, 3.8) is 0 Å². The standard InChI is InChI=1S/C11H18N2OS/c1-3-14-8(2)11-13-10(7-15-11)9-5-4-6-12-9/h7-9,12H,3-6H2,1-2H3. The molecule has 0 aromatic carbocycles. The Balaban J connectivity index is 2.02. The van der Waals surface area contributed by atoms with Crippen LogP contribution in [0.1, 0.15) is 49.5 Å². The van der Waals surface area contributed by atoms with E-state index in [0.29, 0.717) is 6.04 Å². The van der Waals surface area contributed by atoms with E-state index in [4.69, 9.17) is 4.74 Å². The van der Waals surface area contributed by atoms with E-state index >= 15 is 0 Å². The molecule has 0 bridgehead atoms. The molecule has 4 heteroatoms. The van der Waals surface area contributed by atoms with E-state index in [9.17, 15) is 0 Å². The van der Waals surface area contributed by atoms with Gasteiger partial charge in [0.2, 0.25) is 0 Å². The van der Waals surface area contributed by atoms with Gasteiger partial charge in [-0.15, -0.1) is 11.3 Å². The van der Waals surface area contributed by atoms with Crippen molar-refractivity contribution in [3.8, 4) is 0 Å². The zero-order chi connectivity index (χ0) is 10.7. The van der Waals surface area contributed by atoms with Gasteiger partial charge in [-0.05, 0) is 33.2 Å². The number of nitrogens with one attached hydrogen (secondary N) is 1. The van der Waals surface area contributed by atoms with E-state index in [1.165, 1.54) is 18.5 Å². The number of hydrogen-bond acceptors (Lipinski definition) is 4. The summed E-state index contributed by atoms with van der Waals surface area (Å²) in [5, 5.41) is 6.72. The van der Waals surface area contributed by atoms with Crippen molar-refractivity contribution >= 4 is 11.3 Å². The Morgan fingerprint density at radius 3 is 3.27 bits per heavy atom. The topological polar surface area (TPSA) is 34.1 Å². The molecule has 1 saturated heterocycles. The Morgan fingerprint density at radius 2 is 2.60 bits per heavy atom. The third-order valence-corrected chi connectivity index (χ3v) is 3.75. The van der Waals surface area contributed by atoms with Crippen LogP contribution in [0.2, 0.25) is 0 Å². The summed E-state index contributed by atoms with van der Waals surface area (Å²) in [4.78, 5) is 4.64. The van der Waals surface area contributed by atoms with Crippen molar-refractivity contribution in [1.29, 1.82) is 0 Å². The molecule has 1 aromatic rings. The fourth-order valence-corrected chi connectivity index (χ4v) is 2.78. The maximum Gasteiger partial charge on any atom is 0.122 e. The number of thiazole rings is 1. The summed E-state index contributed by atoms with van der Waals surface area (Å²) < 4.78 is 5.53. The van der Waals surface area contributed by atoms with Gasteiger partial charge >= 0.3 is 0 Å². The normalized spacial score (nSPS) is 23.2. The van der Waals surface area contributed by atoms with Crippen molar-refractivity contribution in [2.75, 3.05) is 13.2 Å². The van der Waals surface area contributed by atoms with Crippen LogP contribution in [0.25, 0.3) is 0 Å². The third kappa shape index (κ3) is 2.56. The quantitative estimate of drug-likeness (QED) is 0.857. The Bertz CT molecular complexity index is 307. The first-order valence-corrected chi connectivity index (χ1v) is 6.49. The average Bonchev–Trinajstić information content (AvgIpc) is 2.89. The molecular formula is C11H18N2OS. The van der Waals surface area contributed by atoms with Gasteiger partial charge < -0.3 is 10.1 Å². The first kappa shape index (κ1) is 11.0.